The van der Waals surface area contributed by atoms with Crippen LogP contribution < -0.4 is 0 Å². The molecule has 3 atom stereocenters. The van der Waals surface area contributed by atoms with Crippen molar-refractivity contribution < 1.29 is 14.3 Å². The highest BCUT2D eigenvalue weighted by Gasteiger charge is 2.53. The summed E-state index contributed by atoms with van der Waals surface area (Å²) >= 11 is 0. The molecule has 1 saturated carbocycles. The summed E-state index contributed by atoms with van der Waals surface area (Å²) in [5.41, 5.74) is -0.845. The minimum atomic E-state index is -0.470. The van der Waals surface area contributed by atoms with Gasteiger partial charge < -0.3 is 4.74 Å². The molecule has 0 aromatic heterocycles. The number of hydrogen-bond donors (Lipinski definition) is 0. The lowest BCUT2D eigenvalue weighted by atomic mass is 9.55. The van der Waals surface area contributed by atoms with Crippen LogP contribution in [0, 0.1) is 16.7 Å². The fourth-order valence-electron chi connectivity index (χ4n) is 3.33. The molecule has 2 bridgehead atoms. The third-order valence-electron chi connectivity index (χ3n) is 4.11. The molecule has 0 N–H and O–H groups in total. The summed E-state index contributed by atoms with van der Waals surface area (Å²) in [4.78, 5) is 24.2. The van der Waals surface area contributed by atoms with Crippen LogP contribution in [-0.4, -0.2) is 18.4 Å². The molecule has 0 unspecified atom stereocenters. The zero-order valence-electron chi connectivity index (χ0n) is 10.8. The van der Waals surface area contributed by atoms with Gasteiger partial charge >= 0.3 is 5.97 Å². The van der Waals surface area contributed by atoms with Crippen molar-refractivity contribution in [2.45, 2.75) is 40.0 Å². The van der Waals surface area contributed by atoms with E-state index in [0.717, 1.165) is 6.42 Å². The van der Waals surface area contributed by atoms with Crippen LogP contribution in [0.4, 0.5) is 0 Å². The second-order valence-electron chi connectivity index (χ2n) is 5.77. The van der Waals surface area contributed by atoms with Crippen molar-refractivity contribution in [2.24, 2.45) is 16.7 Å². The van der Waals surface area contributed by atoms with E-state index in [1.807, 2.05) is 26.8 Å². The molecule has 2 aliphatic rings. The van der Waals surface area contributed by atoms with Gasteiger partial charge in [0.05, 0.1) is 12.5 Å². The first-order valence-corrected chi connectivity index (χ1v) is 6.30. The lowest BCUT2D eigenvalue weighted by Crippen LogP contribution is -2.50. The summed E-state index contributed by atoms with van der Waals surface area (Å²) < 4.78 is 5.10. The molecule has 3 nitrogen and oxygen atoms in total. The van der Waals surface area contributed by atoms with Gasteiger partial charge in [0.2, 0.25) is 0 Å². The van der Waals surface area contributed by atoms with E-state index in [9.17, 15) is 9.59 Å². The van der Waals surface area contributed by atoms with Gasteiger partial charge in [-0.15, -0.1) is 0 Å². The number of Topliss-reactive ketones (excluding diaryl/α,β-unsaturated/α-hetero) is 1. The van der Waals surface area contributed by atoms with Crippen LogP contribution in [0.5, 0.6) is 0 Å². The summed E-state index contributed by atoms with van der Waals surface area (Å²) in [6.07, 6.45) is 6.03. The van der Waals surface area contributed by atoms with Gasteiger partial charge in [-0.1, -0.05) is 19.1 Å². The van der Waals surface area contributed by atoms with Crippen LogP contribution in [-0.2, 0) is 14.3 Å². The van der Waals surface area contributed by atoms with Gasteiger partial charge in [0, 0.05) is 10.8 Å². The zero-order valence-corrected chi connectivity index (χ0v) is 10.8. The van der Waals surface area contributed by atoms with Crippen molar-refractivity contribution in [1.82, 2.24) is 0 Å². The number of allylic oxidation sites excluding steroid dienone is 2. The highest BCUT2D eigenvalue weighted by atomic mass is 16.5. The molecule has 0 aromatic rings. The van der Waals surface area contributed by atoms with Gasteiger partial charge in [-0.3, -0.25) is 9.59 Å². The van der Waals surface area contributed by atoms with E-state index in [-0.39, 0.29) is 23.1 Å². The van der Waals surface area contributed by atoms with Crippen LogP contribution in [0.25, 0.3) is 0 Å². The summed E-state index contributed by atoms with van der Waals surface area (Å²) in [6.45, 7) is 6.14. The Bertz CT molecular complexity index is 385. The van der Waals surface area contributed by atoms with E-state index in [2.05, 4.69) is 6.08 Å². The van der Waals surface area contributed by atoms with Gasteiger partial charge in [-0.05, 0) is 33.1 Å². The lowest BCUT2D eigenvalue weighted by Gasteiger charge is -2.46. The predicted octanol–water partition coefficient (Wildman–Crippen LogP) is 2.50. The zero-order chi connectivity index (χ0) is 12.7. The van der Waals surface area contributed by atoms with Gasteiger partial charge in [0.1, 0.15) is 5.78 Å². The largest absolute Gasteiger partial charge is 0.466 e. The molecule has 0 spiro atoms. The average molecular weight is 236 g/mol. The molecule has 0 aromatic carbocycles. The summed E-state index contributed by atoms with van der Waals surface area (Å²) in [6, 6.07) is 0. The van der Waals surface area contributed by atoms with Crippen LogP contribution >= 0.6 is 0 Å². The molecule has 94 valence electrons. The number of carbonyl (C=O) groups is 2. The number of esters is 1. The van der Waals surface area contributed by atoms with E-state index >= 15 is 0 Å². The number of hydrogen-bond acceptors (Lipinski definition) is 3. The Labute approximate surface area is 102 Å². The Kier molecular flexibility index (Phi) is 2.88. The van der Waals surface area contributed by atoms with Crippen molar-refractivity contribution in [1.29, 1.82) is 0 Å². The molecular weight excluding hydrogens is 216 g/mol. The number of fused-ring (bicyclic) bond motifs is 2. The molecule has 0 radical (unpaired) electrons. The molecule has 0 heterocycles. The number of ether oxygens (including phenoxy) is 1. The smallest absolute Gasteiger partial charge is 0.308 e. The monoisotopic (exact) mass is 236 g/mol. The number of rotatable bonds is 2. The van der Waals surface area contributed by atoms with Crippen LogP contribution in [0.1, 0.15) is 40.0 Å². The first kappa shape index (κ1) is 12.3. The van der Waals surface area contributed by atoms with Crippen molar-refractivity contribution >= 4 is 11.8 Å². The minimum Gasteiger partial charge on any atom is -0.466 e. The van der Waals surface area contributed by atoms with E-state index in [1.54, 1.807) is 0 Å². The molecule has 0 saturated heterocycles. The van der Waals surface area contributed by atoms with E-state index in [4.69, 9.17) is 4.74 Å². The summed E-state index contributed by atoms with van der Waals surface area (Å²) in [5, 5.41) is 0. The fourth-order valence-corrected chi connectivity index (χ4v) is 3.33. The van der Waals surface area contributed by atoms with E-state index in [1.165, 1.54) is 0 Å². The standard InChI is InChI=1S/C14H20O3/c1-4-17-11(15)10-8-13(2)6-5-7-14(3,9-10)12(13)16/h5-6,10H,4,7-9H2,1-3H3/t10-,13-,14+/m1/s1. The Morgan fingerprint density at radius 3 is 2.76 bits per heavy atom. The van der Waals surface area contributed by atoms with Crippen molar-refractivity contribution in [3.63, 3.8) is 0 Å². The van der Waals surface area contributed by atoms with Crippen molar-refractivity contribution in [3.8, 4) is 0 Å². The van der Waals surface area contributed by atoms with Crippen LogP contribution in [0.2, 0.25) is 0 Å². The maximum Gasteiger partial charge on any atom is 0.308 e. The normalized spacial score (nSPS) is 40.2. The number of ketones is 1. The Balaban J connectivity index is 2.26. The Hall–Kier alpha value is -1.12. The minimum absolute atomic E-state index is 0.132. The van der Waals surface area contributed by atoms with E-state index < -0.39 is 5.41 Å². The maximum absolute atomic E-state index is 12.4. The Morgan fingerprint density at radius 1 is 1.47 bits per heavy atom. The topological polar surface area (TPSA) is 43.4 Å². The molecule has 17 heavy (non-hydrogen) atoms. The fraction of sp³-hybridized carbons (Fsp3) is 0.714. The van der Waals surface area contributed by atoms with Crippen molar-refractivity contribution in [3.05, 3.63) is 12.2 Å². The molecule has 0 amide bonds. The highest BCUT2D eigenvalue weighted by Crippen LogP contribution is 2.51. The molecular formula is C14H20O3. The van der Waals surface area contributed by atoms with Crippen LogP contribution in [0.15, 0.2) is 12.2 Å². The quantitative estimate of drug-likeness (QED) is 0.546. The first-order valence-electron chi connectivity index (χ1n) is 6.30. The van der Waals surface area contributed by atoms with E-state index in [0.29, 0.717) is 19.4 Å². The Morgan fingerprint density at radius 2 is 2.18 bits per heavy atom. The summed E-state index contributed by atoms with van der Waals surface area (Å²) in [7, 11) is 0. The molecule has 2 rings (SSSR count). The second kappa shape index (κ2) is 3.97. The van der Waals surface area contributed by atoms with Gasteiger partial charge in [0.15, 0.2) is 0 Å². The third-order valence-corrected chi connectivity index (χ3v) is 4.11. The van der Waals surface area contributed by atoms with Crippen LogP contribution in [0.3, 0.4) is 0 Å². The SMILES string of the molecule is CCOC(=O)[C@H]1C[C@]2(C)CC=C[C@](C)(C1)C2=O. The van der Waals surface area contributed by atoms with Crippen molar-refractivity contribution in [2.75, 3.05) is 6.61 Å². The predicted molar refractivity (Wildman–Crippen MR) is 64.3 cm³/mol. The molecule has 2 aliphatic carbocycles. The molecule has 3 heteroatoms. The first-order chi connectivity index (χ1) is 7.91. The summed E-state index contributed by atoms with van der Waals surface area (Å²) in [5.74, 6) is 0.00778. The average Bonchev–Trinajstić information content (AvgIpc) is 2.23. The molecule has 0 aliphatic heterocycles. The van der Waals surface area contributed by atoms with Gasteiger partial charge in [-0.2, -0.15) is 0 Å². The number of carbonyl (C=O) groups excluding carboxylic acids is 2. The lowest BCUT2D eigenvalue weighted by molar-refractivity contribution is -0.157. The third kappa shape index (κ3) is 1.92. The second-order valence-corrected chi connectivity index (χ2v) is 5.77. The van der Waals surface area contributed by atoms with Gasteiger partial charge in [0.25, 0.3) is 0 Å². The highest BCUT2D eigenvalue weighted by molar-refractivity contribution is 5.95. The molecule has 1 fully saturated rings. The van der Waals surface area contributed by atoms with Gasteiger partial charge in [-0.25, -0.2) is 0 Å². The maximum atomic E-state index is 12.4.